The summed E-state index contributed by atoms with van der Waals surface area (Å²) in [5, 5.41) is 19.6. The summed E-state index contributed by atoms with van der Waals surface area (Å²) < 4.78 is 10.3. The van der Waals surface area contributed by atoms with Gasteiger partial charge in [-0.1, -0.05) is 0 Å². The first kappa shape index (κ1) is 21.7. The molecule has 2 aliphatic rings. The summed E-state index contributed by atoms with van der Waals surface area (Å²) in [4.78, 5) is 24.1. The van der Waals surface area contributed by atoms with E-state index in [1.165, 1.54) is 0 Å². The van der Waals surface area contributed by atoms with Crippen LogP contribution >= 0.6 is 15.9 Å². The second-order valence-electron chi connectivity index (χ2n) is 8.59. The number of rotatable bonds is 5. The fourth-order valence-electron chi connectivity index (χ4n) is 4.69. The van der Waals surface area contributed by atoms with E-state index in [2.05, 4.69) is 21.2 Å². The van der Waals surface area contributed by atoms with Crippen LogP contribution in [-0.4, -0.2) is 38.8 Å². The monoisotopic (exact) mass is 490 g/mol. The molecule has 2 heterocycles. The molecule has 0 saturated heterocycles. The second kappa shape index (κ2) is 8.90. The van der Waals surface area contributed by atoms with Gasteiger partial charge in [-0.15, -0.1) is 0 Å². The Balaban J connectivity index is 1.45. The van der Waals surface area contributed by atoms with E-state index in [4.69, 9.17) is 15.3 Å². The fourth-order valence-corrected chi connectivity index (χ4v) is 5.32. The smallest absolute Gasteiger partial charge is 0.404 e. The van der Waals surface area contributed by atoms with E-state index in [-0.39, 0.29) is 17.7 Å². The minimum atomic E-state index is -0.969. The first-order valence-electron chi connectivity index (χ1n) is 10.6. The maximum atomic E-state index is 13.3. The average molecular weight is 491 g/mol. The van der Waals surface area contributed by atoms with Crippen LogP contribution in [0.25, 0.3) is 0 Å². The van der Waals surface area contributed by atoms with Crippen LogP contribution in [0.2, 0.25) is 0 Å². The number of carboxylic acid groups (broad SMARTS) is 1. The van der Waals surface area contributed by atoms with Gasteiger partial charge in [-0.2, -0.15) is 0 Å². The number of carbonyl (C=O) groups excluding carboxylic acids is 1. The lowest BCUT2D eigenvalue weighted by molar-refractivity contribution is 0.0782. The zero-order valence-electron chi connectivity index (χ0n) is 17.4. The Morgan fingerprint density at radius 2 is 2.03 bits per heavy atom. The van der Waals surface area contributed by atoms with Crippen molar-refractivity contribution in [1.82, 2.24) is 14.5 Å². The fraction of sp³-hybridized carbons (Fsp3) is 0.500. The second-order valence-corrected chi connectivity index (χ2v) is 9.44. The Labute approximate surface area is 188 Å². The van der Waals surface area contributed by atoms with Crippen LogP contribution in [0.5, 0.6) is 5.75 Å². The molecule has 1 fully saturated rings. The molecule has 8 nitrogen and oxygen atoms in total. The van der Waals surface area contributed by atoms with Gasteiger partial charge >= 0.3 is 6.09 Å². The predicted octanol–water partition coefficient (Wildman–Crippen LogP) is 3.52. The van der Waals surface area contributed by atoms with Gasteiger partial charge in [-0.3, -0.25) is 10.2 Å². The molecule has 9 heteroatoms. The largest absolute Gasteiger partial charge is 0.491 e. The zero-order valence-corrected chi connectivity index (χ0v) is 19.0. The van der Waals surface area contributed by atoms with E-state index in [0.29, 0.717) is 36.0 Å². The van der Waals surface area contributed by atoms with Gasteiger partial charge in [0, 0.05) is 25.5 Å². The summed E-state index contributed by atoms with van der Waals surface area (Å²) in [6, 6.07) is 3.85. The van der Waals surface area contributed by atoms with Crippen molar-refractivity contribution in [2.45, 2.75) is 44.7 Å². The summed E-state index contributed by atoms with van der Waals surface area (Å²) in [5.41, 5.74) is 1.93. The number of aromatic nitrogens is 2. The lowest BCUT2D eigenvalue weighted by Gasteiger charge is -2.32. The maximum absolute atomic E-state index is 13.3. The highest BCUT2D eigenvalue weighted by Crippen LogP contribution is 2.39. The molecule has 1 aromatic carbocycles. The molecule has 3 N–H and O–H groups in total. The van der Waals surface area contributed by atoms with Crippen LogP contribution in [0.15, 0.2) is 29.0 Å². The van der Waals surface area contributed by atoms with Gasteiger partial charge < -0.3 is 24.3 Å². The number of ketones is 1. The van der Waals surface area contributed by atoms with Crippen molar-refractivity contribution in [3.63, 3.8) is 0 Å². The van der Waals surface area contributed by atoms with Crippen LogP contribution in [0.4, 0.5) is 4.79 Å². The van der Waals surface area contributed by atoms with Gasteiger partial charge in [0.2, 0.25) is 5.62 Å². The number of carbonyl (C=O) groups is 2. The first-order valence-corrected chi connectivity index (χ1v) is 11.4. The highest BCUT2D eigenvalue weighted by molar-refractivity contribution is 9.10. The number of amides is 1. The molecule has 0 spiro atoms. The molecule has 1 aliphatic heterocycles. The standard InChI is InChI=1S/C22H27BrN4O4/c1-26-6-7-27(21(26)24)11-14-9-17-19(28)15(12-31-20(17)18(23)10-14)8-13-2-4-16(5-3-13)25-22(29)30/h6-7,9-10,13,15-16,24-25H,2-5,8,11-12H2,1H3,(H,29,30)/t13?,15-,16?/m1/s1. The van der Waals surface area contributed by atoms with Gasteiger partial charge in [0.1, 0.15) is 5.75 Å². The quantitative estimate of drug-likeness (QED) is 0.595. The van der Waals surface area contributed by atoms with Crippen molar-refractivity contribution in [3.8, 4) is 5.75 Å². The molecule has 31 heavy (non-hydrogen) atoms. The van der Waals surface area contributed by atoms with E-state index in [9.17, 15) is 9.59 Å². The lowest BCUT2D eigenvalue weighted by atomic mass is 9.78. The molecular weight excluding hydrogens is 464 g/mol. The number of halogens is 1. The number of hydrogen-bond acceptors (Lipinski definition) is 4. The third-order valence-electron chi connectivity index (χ3n) is 6.39. The van der Waals surface area contributed by atoms with Crippen LogP contribution in [0.1, 0.15) is 48.0 Å². The van der Waals surface area contributed by atoms with E-state index < -0.39 is 6.09 Å². The normalized spacial score (nSPS) is 23.2. The summed E-state index contributed by atoms with van der Waals surface area (Å²) in [7, 11) is 1.83. The number of hydrogen-bond donors (Lipinski definition) is 3. The minimum absolute atomic E-state index is 0.0173. The van der Waals surface area contributed by atoms with Gasteiger partial charge in [0.15, 0.2) is 5.78 Å². The van der Waals surface area contributed by atoms with Crippen molar-refractivity contribution in [2.75, 3.05) is 6.61 Å². The molecule has 0 unspecified atom stereocenters. The van der Waals surface area contributed by atoms with Crippen molar-refractivity contribution in [1.29, 1.82) is 5.41 Å². The number of ether oxygens (including phenoxy) is 1. The van der Waals surface area contributed by atoms with Crippen LogP contribution in [0.3, 0.4) is 0 Å². The number of Topliss-reactive ketones (excluding diaryl/α,β-unsaturated/α-hetero) is 1. The van der Waals surface area contributed by atoms with E-state index in [0.717, 1.165) is 42.1 Å². The Hall–Kier alpha value is -2.55. The molecule has 166 valence electrons. The molecule has 2 aromatic rings. The summed E-state index contributed by atoms with van der Waals surface area (Å²) >= 11 is 3.55. The summed E-state index contributed by atoms with van der Waals surface area (Å²) in [5.74, 6) is 0.935. The molecule has 0 radical (unpaired) electrons. The molecular formula is C22H27BrN4O4. The Kier molecular flexibility index (Phi) is 6.22. The van der Waals surface area contributed by atoms with Crippen LogP contribution in [-0.2, 0) is 13.6 Å². The Morgan fingerprint density at radius 1 is 1.29 bits per heavy atom. The predicted molar refractivity (Wildman–Crippen MR) is 117 cm³/mol. The zero-order chi connectivity index (χ0) is 22.1. The SMILES string of the molecule is Cn1ccn(Cc2cc(Br)c3c(c2)C(=O)[C@H](CC2CCC(NC(=O)O)CC2)CO3)c1=N. The van der Waals surface area contributed by atoms with Crippen molar-refractivity contribution in [2.24, 2.45) is 18.9 Å². The topological polar surface area (TPSA) is 109 Å². The van der Waals surface area contributed by atoms with Crippen LogP contribution < -0.4 is 15.7 Å². The molecule has 4 rings (SSSR count). The number of benzene rings is 1. The molecule has 0 bridgehead atoms. The third kappa shape index (κ3) is 4.71. The van der Waals surface area contributed by atoms with Gasteiger partial charge in [0.25, 0.3) is 0 Å². The van der Waals surface area contributed by atoms with E-state index in [1.54, 1.807) is 4.57 Å². The Bertz CT molecular complexity index is 1050. The molecule has 1 aliphatic carbocycles. The van der Waals surface area contributed by atoms with Gasteiger partial charge in [0.05, 0.1) is 29.1 Å². The summed E-state index contributed by atoms with van der Waals surface area (Å²) in [6.07, 6.45) is 6.95. The molecule has 1 amide bonds. The molecule has 1 atom stereocenters. The van der Waals surface area contributed by atoms with Crippen molar-refractivity contribution in [3.05, 3.63) is 45.7 Å². The van der Waals surface area contributed by atoms with E-state index in [1.807, 2.05) is 36.1 Å². The van der Waals surface area contributed by atoms with Crippen LogP contribution in [0, 0.1) is 17.2 Å². The maximum Gasteiger partial charge on any atom is 0.404 e. The highest BCUT2D eigenvalue weighted by Gasteiger charge is 2.34. The molecule has 1 saturated carbocycles. The first-order chi connectivity index (χ1) is 14.8. The Morgan fingerprint density at radius 3 is 2.68 bits per heavy atom. The number of nitrogens with zero attached hydrogens (tertiary/aromatic N) is 2. The third-order valence-corrected chi connectivity index (χ3v) is 6.98. The average Bonchev–Trinajstić information content (AvgIpc) is 3.03. The number of fused-ring (bicyclic) bond motifs is 1. The van der Waals surface area contributed by atoms with Crippen molar-refractivity contribution < 1.29 is 19.4 Å². The number of nitrogens with one attached hydrogen (secondary N) is 2. The summed E-state index contributed by atoms with van der Waals surface area (Å²) in [6.45, 7) is 0.880. The van der Waals surface area contributed by atoms with E-state index >= 15 is 0 Å². The number of aryl methyl sites for hydroxylation is 1. The van der Waals surface area contributed by atoms with Crippen molar-refractivity contribution >= 4 is 27.8 Å². The van der Waals surface area contributed by atoms with Gasteiger partial charge in [-0.25, -0.2) is 4.79 Å². The number of imidazole rings is 1. The van der Waals surface area contributed by atoms with Gasteiger partial charge in [-0.05, 0) is 71.6 Å². The highest BCUT2D eigenvalue weighted by atomic mass is 79.9. The lowest BCUT2D eigenvalue weighted by Crippen LogP contribution is -2.37. The minimum Gasteiger partial charge on any atom is -0.491 e. The molecule has 1 aromatic heterocycles.